The quantitative estimate of drug-likeness (QED) is 0.626. The number of urea groups is 1. The highest BCUT2D eigenvalue weighted by Gasteiger charge is 2.32. The minimum absolute atomic E-state index is 0.162. The fourth-order valence-corrected chi connectivity index (χ4v) is 2.43. The third kappa shape index (κ3) is 3.60. The SMILES string of the molecule is O=C(O)CC1COCCN1C(=O)NC1CCCNC1=O. The van der Waals surface area contributed by atoms with Gasteiger partial charge in [0.1, 0.15) is 6.04 Å². The molecule has 2 fully saturated rings. The molecule has 0 aromatic heterocycles. The van der Waals surface area contributed by atoms with Gasteiger partial charge in [-0.3, -0.25) is 9.59 Å². The van der Waals surface area contributed by atoms with Gasteiger partial charge in [0.25, 0.3) is 0 Å². The zero-order chi connectivity index (χ0) is 14.5. The molecule has 20 heavy (non-hydrogen) atoms. The van der Waals surface area contributed by atoms with Crippen molar-refractivity contribution in [2.24, 2.45) is 0 Å². The molecular formula is C12H19N3O5. The van der Waals surface area contributed by atoms with Crippen LogP contribution in [0, 0.1) is 0 Å². The average Bonchev–Trinajstić information content (AvgIpc) is 2.41. The van der Waals surface area contributed by atoms with Gasteiger partial charge in [-0.2, -0.15) is 0 Å². The molecule has 0 aliphatic carbocycles. The molecule has 0 aromatic carbocycles. The van der Waals surface area contributed by atoms with E-state index >= 15 is 0 Å². The van der Waals surface area contributed by atoms with Crippen molar-refractivity contribution >= 4 is 17.9 Å². The average molecular weight is 285 g/mol. The topological polar surface area (TPSA) is 108 Å². The van der Waals surface area contributed by atoms with E-state index in [0.717, 1.165) is 6.42 Å². The van der Waals surface area contributed by atoms with Crippen molar-refractivity contribution in [3.05, 3.63) is 0 Å². The van der Waals surface area contributed by atoms with E-state index in [4.69, 9.17) is 9.84 Å². The summed E-state index contributed by atoms with van der Waals surface area (Å²) in [6.07, 6.45) is 1.26. The second-order valence-corrected chi connectivity index (χ2v) is 4.96. The van der Waals surface area contributed by atoms with Crippen molar-refractivity contribution in [2.45, 2.75) is 31.3 Å². The molecule has 0 spiro atoms. The Bertz CT molecular complexity index is 401. The molecule has 2 aliphatic heterocycles. The highest BCUT2D eigenvalue weighted by molar-refractivity contribution is 5.87. The maximum absolute atomic E-state index is 12.2. The summed E-state index contributed by atoms with van der Waals surface area (Å²) in [6.45, 7) is 1.54. The Morgan fingerprint density at radius 3 is 3.00 bits per heavy atom. The van der Waals surface area contributed by atoms with E-state index in [2.05, 4.69) is 10.6 Å². The van der Waals surface area contributed by atoms with E-state index in [1.54, 1.807) is 0 Å². The monoisotopic (exact) mass is 285 g/mol. The number of amides is 3. The van der Waals surface area contributed by atoms with Crippen LogP contribution < -0.4 is 10.6 Å². The molecule has 8 heteroatoms. The Balaban J connectivity index is 1.94. The molecule has 3 amide bonds. The lowest BCUT2D eigenvalue weighted by Gasteiger charge is -2.36. The summed E-state index contributed by atoms with van der Waals surface area (Å²) in [5, 5.41) is 14.2. The number of hydrogen-bond acceptors (Lipinski definition) is 4. The number of rotatable bonds is 3. The number of morpholine rings is 1. The van der Waals surface area contributed by atoms with Crippen LogP contribution in [-0.2, 0) is 14.3 Å². The first-order valence-corrected chi connectivity index (χ1v) is 6.72. The maximum atomic E-state index is 12.2. The smallest absolute Gasteiger partial charge is 0.318 e. The molecule has 2 aliphatic rings. The van der Waals surface area contributed by atoms with Gasteiger partial charge in [-0.05, 0) is 12.8 Å². The summed E-state index contributed by atoms with van der Waals surface area (Å²) in [6, 6.07) is -1.43. The summed E-state index contributed by atoms with van der Waals surface area (Å²) >= 11 is 0. The predicted octanol–water partition coefficient (Wildman–Crippen LogP) is -0.850. The first-order chi connectivity index (χ1) is 9.58. The van der Waals surface area contributed by atoms with Gasteiger partial charge in [0.2, 0.25) is 5.91 Å². The molecule has 2 atom stereocenters. The van der Waals surface area contributed by atoms with Crippen LogP contribution in [0.3, 0.4) is 0 Å². The van der Waals surface area contributed by atoms with Crippen molar-refractivity contribution in [3.8, 4) is 0 Å². The number of nitrogens with one attached hydrogen (secondary N) is 2. The fraction of sp³-hybridized carbons (Fsp3) is 0.750. The molecule has 2 heterocycles. The van der Waals surface area contributed by atoms with Gasteiger partial charge in [-0.15, -0.1) is 0 Å². The second kappa shape index (κ2) is 6.56. The van der Waals surface area contributed by atoms with Crippen LogP contribution in [0.5, 0.6) is 0 Å². The van der Waals surface area contributed by atoms with Crippen molar-refractivity contribution in [1.82, 2.24) is 15.5 Å². The number of ether oxygens (including phenoxy) is 1. The number of hydrogen-bond donors (Lipinski definition) is 3. The van der Waals surface area contributed by atoms with Crippen molar-refractivity contribution < 1.29 is 24.2 Å². The molecule has 8 nitrogen and oxygen atoms in total. The molecule has 0 aromatic rings. The minimum atomic E-state index is -0.978. The largest absolute Gasteiger partial charge is 0.481 e. The number of carboxylic acid groups (broad SMARTS) is 1. The third-order valence-corrected chi connectivity index (χ3v) is 3.48. The van der Waals surface area contributed by atoms with E-state index in [0.29, 0.717) is 26.1 Å². The lowest BCUT2D eigenvalue weighted by atomic mass is 10.1. The first kappa shape index (κ1) is 14.6. The van der Waals surface area contributed by atoms with Crippen LogP contribution in [0.4, 0.5) is 4.79 Å². The number of nitrogens with zero attached hydrogens (tertiary/aromatic N) is 1. The van der Waals surface area contributed by atoms with Crippen LogP contribution >= 0.6 is 0 Å². The van der Waals surface area contributed by atoms with Crippen LogP contribution in [0.25, 0.3) is 0 Å². The van der Waals surface area contributed by atoms with Gasteiger partial charge in [-0.1, -0.05) is 0 Å². The van der Waals surface area contributed by atoms with Gasteiger partial charge in [0.05, 0.1) is 25.7 Å². The number of piperidine rings is 1. The van der Waals surface area contributed by atoms with Gasteiger partial charge < -0.3 is 25.4 Å². The highest BCUT2D eigenvalue weighted by Crippen LogP contribution is 2.12. The van der Waals surface area contributed by atoms with Crippen LogP contribution in [-0.4, -0.2) is 66.3 Å². The molecule has 0 bridgehead atoms. The Morgan fingerprint density at radius 1 is 1.50 bits per heavy atom. The van der Waals surface area contributed by atoms with Crippen LogP contribution in [0.2, 0.25) is 0 Å². The molecule has 2 rings (SSSR count). The number of carbonyl (C=O) groups excluding carboxylic acids is 2. The molecule has 2 saturated heterocycles. The Morgan fingerprint density at radius 2 is 2.30 bits per heavy atom. The zero-order valence-electron chi connectivity index (χ0n) is 11.1. The highest BCUT2D eigenvalue weighted by atomic mass is 16.5. The van der Waals surface area contributed by atoms with Crippen LogP contribution in [0.1, 0.15) is 19.3 Å². The van der Waals surface area contributed by atoms with Crippen LogP contribution in [0.15, 0.2) is 0 Å². The standard InChI is InChI=1S/C12H19N3O5/c16-10(17)6-8-7-20-5-4-15(8)12(19)14-9-2-1-3-13-11(9)18/h8-9H,1-7H2,(H,13,18)(H,14,19)(H,16,17). The second-order valence-electron chi connectivity index (χ2n) is 4.96. The minimum Gasteiger partial charge on any atom is -0.481 e. The first-order valence-electron chi connectivity index (χ1n) is 6.72. The summed E-state index contributed by atoms with van der Waals surface area (Å²) < 4.78 is 5.21. The van der Waals surface area contributed by atoms with Gasteiger partial charge in [-0.25, -0.2) is 4.79 Å². The van der Waals surface area contributed by atoms with Crippen molar-refractivity contribution in [3.63, 3.8) is 0 Å². The summed E-state index contributed by atoms with van der Waals surface area (Å²) in [4.78, 5) is 36.0. The molecule has 0 radical (unpaired) electrons. The lowest BCUT2D eigenvalue weighted by Crippen LogP contribution is -2.58. The van der Waals surface area contributed by atoms with E-state index < -0.39 is 24.1 Å². The maximum Gasteiger partial charge on any atom is 0.318 e. The normalized spacial score (nSPS) is 26.8. The Labute approximate surface area is 116 Å². The molecular weight excluding hydrogens is 266 g/mol. The lowest BCUT2D eigenvalue weighted by molar-refractivity contribution is -0.139. The molecule has 2 unspecified atom stereocenters. The predicted molar refractivity (Wildman–Crippen MR) is 68.1 cm³/mol. The fourth-order valence-electron chi connectivity index (χ4n) is 2.43. The third-order valence-electron chi connectivity index (χ3n) is 3.48. The summed E-state index contributed by atoms with van der Waals surface area (Å²) in [7, 11) is 0. The molecule has 0 saturated carbocycles. The summed E-state index contributed by atoms with van der Waals surface area (Å²) in [5.41, 5.74) is 0. The number of carbonyl (C=O) groups is 3. The zero-order valence-corrected chi connectivity index (χ0v) is 11.1. The van der Waals surface area contributed by atoms with Crippen molar-refractivity contribution in [1.29, 1.82) is 0 Å². The van der Waals surface area contributed by atoms with Gasteiger partial charge in [0.15, 0.2) is 0 Å². The van der Waals surface area contributed by atoms with Gasteiger partial charge in [0, 0.05) is 13.1 Å². The van der Waals surface area contributed by atoms with E-state index in [9.17, 15) is 14.4 Å². The Hall–Kier alpha value is -1.83. The summed E-state index contributed by atoms with van der Waals surface area (Å²) in [5.74, 6) is -1.17. The van der Waals surface area contributed by atoms with E-state index in [-0.39, 0.29) is 18.9 Å². The molecule has 3 N–H and O–H groups in total. The number of carboxylic acids is 1. The van der Waals surface area contributed by atoms with Gasteiger partial charge >= 0.3 is 12.0 Å². The number of aliphatic carboxylic acids is 1. The Kier molecular flexibility index (Phi) is 4.78. The van der Waals surface area contributed by atoms with E-state index in [1.807, 2.05) is 0 Å². The molecule has 112 valence electrons. The van der Waals surface area contributed by atoms with Crippen molar-refractivity contribution in [2.75, 3.05) is 26.3 Å². The van der Waals surface area contributed by atoms with E-state index in [1.165, 1.54) is 4.90 Å².